The zero-order chi connectivity index (χ0) is 19.0. The molecule has 3 aromatic heterocycles. The van der Waals surface area contributed by atoms with Crippen molar-refractivity contribution in [2.45, 2.75) is 38.5 Å². The van der Waals surface area contributed by atoms with Crippen LogP contribution in [0.4, 0.5) is 16.2 Å². The number of carbonyl (C=O) groups excluding carboxylic acids is 1. The van der Waals surface area contributed by atoms with Gasteiger partial charge in [0.05, 0.1) is 35.7 Å². The van der Waals surface area contributed by atoms with Gasteiger partial charge < -0.3 is 5.73 Å². The fourth-order valence-corrected chi connectivity index (χ4v) is 3.85. The summed E-state index contributed by atoms with van der Waals surface area (Å²) in [6.45, 7) is 1.86. The van der Waals surface area contributed by atoms with Crippen LogP contribution in [0.1, 0.15) is 48.6 Å². The van der Waals surface area contributed by atoms with Crippen molar-refractivity contribution in [3.63, 3.8) is 0 Å². The molecule has 0 saturated heterocycles. The highest BCUT2D eigenvalue weighted by atomic mass is 16.2. The van der Waals surface area contributed by atoms with Crippen molar-refractivity contribution in [3.8, 4) is 12.3 Å². The second-order valence-corrected chi connectivity index (χ2v) is 6.79. The predicted octanol–water partition coefficient (Wildman–Crippen LogP) is 3.29. The zero-order valence-corrected chi connectivity index (χ0v) is 15.1. The van der Waals surface area contributed by atoms with Crippen LogP contribution < -0.4 is 10.6 Å². The van der Waals surface area contributed by atoms with Gasteiger partial charge in [0.2, 0.25) is 0 Å². The molecule has 0 atom stereocenters. The van der Waals surface area contributed by atoms with Gasteiger partial charge in [0.1, 0.15) is 5.69 Å². The van der Waals surface area contributed by atoms with Crippen LogP contribution in [0.3, 0.4) is 0 Å². The summed E-state index contributed by atoms with van der Waals surface area (Å²) >= 11 is 0. The van der Waals surface area contributed by atoms with Gasteiger partial charge in [-0.25, -0.2) is 19.3 Å². The Morgan fingerprint density at radius 3 is 2.78 bits per heavy atom. The summed E-state index contributed by atoms with van der Waals surface area (Å²) in [6, 6.07) is 3.07. The van der Waals surface area contributed by atoms with E-state index < -0.39 is 6.03 Å². The van der Waals surface area contributed by atoms with Crippen molar-refractivity contribution in [2.75, 3.05) is 4.90 Å². The number of nitrogens with zero attached hydrogens (tertiary/aromatic N) is 5. The maximum atomic E-state index is 12.4. The van der Waals surface area contributed by atoms with Crippen molar-refractivity contribution in [1.29, 1.82) is 0 Å². The van der Waals surface area contributed by atoms with E-state index in [1.54, 1.807) is 18.6 Å². The molecule has 1 aliphatic rings. The molecule has 0 spiro atoms. The number of terminal acetylenes is 1. The van der Waals surface area contributed by atoms with Gasteiger partial charge in [-0.05, 0) is 37.3 Å². The molecule has 1 aliphatic carbocycles. The highest BCUT2D eigenvalue weighted by molar-refractivity contribution is 5.99. The molecule has 1 fully saturated rings. The quantitative estimate of drug-likeness (QED) is 0.726. The predicted molar refractivity (Wildman–Crippen MR) is 103 cm³/mol. The number of primary amides is 1. The summed E-state index contributed by atoms with van der Waals surface area (Å²) < 4.78 is 1.82. The lowest BCUT2D eigenvalue weighted by atomic mass is 10.0. The number of carbonyl (C=O) groups is 1. The van der Waals surface area contributed by atoms with Crippen molar-refractivity contribution in [3.05, 3.63) is 47.7 Å². The molecule has 2 amide bonds. The van der Waals surface area contributed by atoms with Crippen LogP contribution >= 0.6 is 0 Å². The number of amides is 2. The summed E-state index contributed by atoms with van der Waals surface area (Å²) in [5.74, 6) is 2.83. The van der Waals surface area contributed by atoms with Gasteiger partial charge in [0.25, 0.3) is 0 Å². The Hall–Kier alpha value is -3.40. The monoisotopic (exact) mass is 360 g/mol. The maximum absolute atomic E-state index is 12.4. The third-order valence-electron chi connectivity index (χ3n) is 5.09. The number of hydrogen-bond donors (Lipinski definition) is 1. The molecule has 0 aliphatic heterocycles. The van der Waals surface area contributed by atoms with Crippen molar-refractivity contribution < 1.29 is 4.79 Å². The summed E-state index contributed by atoms with van der Waals surface area (Å²) in [5.41, 5.74) is 10.0. The maximum Gasteiger partial charge on any atom is 0.324 e. The highest BCUT2D eigenvalue weighted by Gasteiger charge is 2.29. The number of hydrogen-bond acceptors (Lipinski definition) is 4. The minimum absolute atomic E-state index is 0.297. The van der Waals surface area contributed by atoms with Crippen LogP contribution in [-0.4, -0.2) is 25.6 Å². The summed E-state index contributed by atoms with van der Waals surface area (Å²) in [6.07, 6.45) is 14.9. The van der Waals surface area contributed by atoms with Crippen LogP contribution in [0.2, 0.25) is 0 Å². The normalized spacial score (nSPS) is 14.4. The van der Waals surface area contributed by atoms with E-state index in [0.29, 0.717) is 23.0 Å². The van der Waals surface area contributed by atoms with Gasteiger partial charge in [-0.15, -0.1) is 6.42 Å². The van der Waals surface area contributed by atoms with E-state index in [9.17, 15) is 4.79 Å². The third kappa shape index (κ3) is 2.89. The average Bonchev–Trinajstić information content (AvgIpc) is 3.33. The molecule has 4 rings (SSSR count). The molecule has 0 aromatic carbocycles. The van der Waals surface area contributed by atoms with Gasteiger partial charge >= 0.3 is 6.03 Å². The van der Waals surface area contributed by atoms with E-state index in [2.05, 4.69) is 21.0 Å². The Labute approximate surface area is 157 Å². The molecule has 136 valence electrons. The molecule has 7 heteroatoms. The van der Waals surface area contributed by atoms with Crippen molar-refractivity contribution in [1.82, 2.24) is 19.6 Å². The SMILES string of the molecule is C#Cc1ncc(N(C(N)=O)c2cnc3ccnn3c2C2CCCC2)cc1C. The fourth-order valence-electron chi connectivity index (χ4n) is 3.85. The molecule has 0 unspecified atom stereocenters. The summed E-state index contributed by atoms with van der Waals surface area (Å²) in [7, 11) is 0. The van der Waals surface area contributed by atoms with E-state index >= 15 is 0 Å². The van der Waals surface area contributed by atoms with Crippen LogP contribution in [-0.2, 0) is 0 Å². The zero-order valence-electron chi connectivity index (χ0n) is 15.1. The second kappa shape index (κ2) is 6.72. The Kier molecular flexibility index (Phi) is 4.24. The van der Waals surface area contributed by atoms with Crippen molar-refractivity contribution in [2.24, 2.45) is 5.73 Å². The number of nitrogens with two attached hydrogens (primary N) is 1. The average molecular weight is 360 g/mol. The van der Waals surface area contributed by atoms with Gasteiger partial charge in [-0.2, -0.15) is 5.10 Å². The largest absolute Gasteiger partial charge is 0.351 e. The van der Waals surface area contributed by atoms with E-state index in [4.69, 9.17) is 12.2 Å². The first-order valence-electron chi connectivity index (χ1n) is 8.95. The van der Waals surface area contributed by atoms with Crippen LogP contribution in [0.15, 0.2) is 30.7 Å². The van der Waals surface area contributed by atoms with Gasteiger partial charge in [-0.3, -0.25) is 4.90 Å². The van der Waals surface area contributed by atoms with Crippen molar-refractivity contribution >= 4 is 23.1 Å². The lowest BCUT2D eigenvalue weighted by Gasteiger charge is -2.25. The first kappa shape index (κ1) is 17.0. The topological polar surface area (TPSA) is 89.4 Å². The third-order valence-corrected chi connectivity index (χ3v) is 5.09. The highest BCUT2D eigenvalue weighted by Crippen LogP contribution is 2.40. The van der Waals surface area contributed by atoms with E-state index in [0.717, 1.165) is 42.6 Å². The van der Waals surface area contributed by atoms with E-state index in [1.165, 1.54) is 4.90 Å². The summed E-state index contributed by atoms with van der Waals surface area (Å²) in [5, 5.41) is 4.44. The molecule has 3 heterocycles. The number of urea groups is 1. The van der Waals surface area contributed by atoms with Gasteiger partial charge in [0.15, 0.2) is 5.65 Å². The molecule has 1 saturated carbocycles. The van der Waals surface area contributed by atoms with Crippen LogP contribution in [0.25, 0.3) is 5.65 Å². The molecule has 7 nitrogen and oxygen atoms in total. The first-order valence-corrected chi connectivity index (χ1v) is 8.95. The number of rotatable bonds is 3. The molecule has 0 radical (unpaired) electrons. The number of anilines is 2. The number of fused-ring (bicyclic) bond motifs is 1. The van der Waals surface area contributed by atoms with Crippen LogP contribution in [0.5, 0.6) is 0 Å². The second-order valence-electron chi connectivity index (χ2n) is 6.79. The minimum Gasteiger partial charge on any atom is -0.351 e. The fraction of sp³-hybridized carbons (Fsp3) is 0.300. The Balaban J connectivity index is 1.92. The first-order chi connectivity index (χ1) is 13.1. The molecule has 0 bridgehead atoms. The van der Waals surface area contributed by atoms with E-state index in [1.807, 2.05) is 23.6 Å². The number of aryl methyl sites for hydroxylation is 1. The van der Waals surface area contributed by atoms with Gasteiger partial charge in [0, 0.05) is 12.0 Å². The van der Waals surface area contributed by atoms with E-state index in [-0.39, 0.29) is 0 Å². The molecular formula is C20H20N6O. The summed E-state index contributed by atoms with van der Waals surface area (Å²) in [4.78, 5) is 22.6. The minimum atomic E-state index is -0.600. The Morgan fingerprint density at radius 1 is 1.33 bits per heavy atom. The Morgan fingerprint density at radius 2 is 2.11 bits per heavy atom. The standard InChI is InChI=1S/C20H20N6O/c1-3-16-13(2)10-15(11-22-16)25(20(21)27)17-12-23-18-8-9-24-26(18)19(17)14-6-4-5-7-14/h1,8-12,14H,4-7H2,2H3,(H2,21,27). The molecule has 27 heavy (non-hydrogen) atoms. The van der Waals surface area contributed by atoms with Crippen LogP contribution in [0, 0.1) is 19.3 Å². The number of pyridine rings is 1. The smallest absolute Gasteiger partial charge is 0.324 e. The Bertz CT molecular complexity index is 1060. The molecular weight excluding hydrogens is 340 g/mol. The molecule has 3 aromatic rings. The lowest BCUT2D eigenvalue weighted by molar-refractivity contribution is 0.256. The van der Waals surface area contributed by atoms with Gasteiger partial charge in [-0.1, -0.05) is 12.8 Å². The number of aromatic nitrogens is 4. The lowest BCUT2D eigenvalue weighted by Crippen LogP contribution is -2.33. The molecule has 2 N–H and O–H groups in total.